The zero-order chi connectivity index (χ0) is 24.5. The van der Waals surface area contributed by atoms with Gasteiger partial charge in [-0.15, -0.1) is 0 Å². The predicted octanol–water partition coefficient (Wildman–Crippen LogP) is 5.40. The van der Waals surface area contributed by atoms with E-state index >= 15 is 0 Å². The number of halogens is 3. The number of benzene rings is 2. The molecule has 0 aliphatic carbocycles. The smallest absolute Gasteiger partial charge is 0.346 e. The van der Waals surface area contributed by atoms with Crippen LogP contribution in [0.4, 0.5) is 18.9 Å². The van der Waals surface area contributed by atoms with Crippen LogP contribution in [0.2, 0.25) is 0 Å². The molecule has 0 spiro atoms. The molecule has 0 saturated carbocycles. The third-order valence-corrected chi connectivity index (χ3v) is 5.46. The first kappa shape index (κ1) is 23.0. The minimum atomic E-state index is -4.53. The van der Waals surface area contributed by atoms with E-state index in [0.717, 1.165) is 17.7 Å². The lowest BCUT2D eigenvalue weighted by Crippen LogP contribution is -2.27. The normalized spacial score (nSPS) is 12.4. The predicted molar refractivity (Wildman–Crippen MR) is 122 cm³/mol. The molecule has 0 unspecified atom stereocenters. The topological polar surface area (TPSA) is 75.5 Å². The van der Waals surface area contributed by atoms with Gasteiger partial charge in [0.25, 0.3) is 11.8 Å². The maximum atomic E-state index is 13.0. The standard InChI is InChI=1S/C25H21F3N4O2/c1-15-9-10-17(16(2)30-23(33)18-6-5-7-19(12-18)25(26,27)28)13-20(15)31-24(34)21-14-29-22-8-3-4-11-32(21)22/h3-14,16H,1-2H3,(H,30,33)(H,31,34)/t16-/m0/s1. The maximum absolute atomic E-state index is 13.0. The van der Waals surface area contributed by atoms with Crippen LogP contribution in [0.15, 0.2) is 73.1 Å². The SMILES string of the molecule is Cc1ccc([C@H](C)NC(=O)c2cccc(C(F)(F)F)c2)cc1NC(=O)c1cnc2ccccn12. The number of rotatable bonds is 5. The minimum absolute atomic E-state index is 0.0880. The molecule has 0 bridgehead atoms. The first-order valence-electron chi connectivity index (χ1n) is 10.5. The van der Waals surface area contributed by atoms with Gasteiger partial charge in [-0.1, -0.05) is 24.3 Å². The Morgan fingerprint density at radius 2 is 1.79 bits per heavy atom. The summed E-state index contributed by atoms with van der Waals surface area (Å²) in [5.41, 5.74) is 2.07. The number of carbonyl (C=O) groups excluding carboxylic acids is 2. The molecule has 0 saturated heterocycles. The molecule has 174 valence electrons. The molecule has 2 heterocycles. The second kappa shape index (κ2) is 9.01. The van der Waals surface area contributed by atoms with Gasteiger partial charge < -0.3 is 10.6 Å². The summed E-state index contributed by atoms with van der Waals surface area (Å²) in [6.07, 6.45) is -1.31. The molecule has 1 atom stereocenters. The van der Waals surface area contributed by atoms with Crippen molar-refractivity contribution in [3.8, 4) is 0 Å². The van der Waals surface area contributed by atoms with Gasteiger partial charge in [0.05, 0.1) is 17.8 Å². The molecule has 0 fully saturated rings. The van der Waals surface area contributed by atoms with Crippen LogP contribution in [0, 0.1) is 6.92 Å². The van der Waals surface area contributed by atoms with Crippen molar-refractivity contribution in [2.24, 2.45) is 0 Å². The van der Waals surface area contributed by atoms with E-state index in [1.54, 1.807) is 47.9 Å². The second-order valence-electron chi connectivity index (χ2n) is 7.87. The number of amides is 2. The third-order valence-electron chi connectivity index (χ3n) is 5.46. The highest BCUT2D eigenvalue weighted by Gasteiger charge is 2.31. The van der Waals surface area contributed by atoms with E-state index in [1.165, 1.54) is 18.3 Å². The van der Waals surface area contributed by atoms with Gasteiger partial charge in [0.1, 0.15) is 11.3 Å². The third kappa shape index (κ3) is 4.78. The van der Waals surface area contributed by atoms with Crippen LogP contribution in [-0.2, 0) is 6.18 Å². The second-order valence-corrected chi connectivity index (χ2v) is 7.87. The van der Waals surface area contributed by atoms with Crippen LogP contribution in [0.3, 0.4) is 0 Å². The molecule has 4 aromatic rings. The molecule has 34 heavy (non-hydrogen) atoms. The number of alkyl halides is 3. The molecular weight excluding hydrogens is 445 g/mol. The van der Waals surface area contributed by atoms with E-state index in [2.05, 4.69) is 15.6 Å². The molecule has 2 aromatic carbocycles. The van der Waals surface area contributed by atoms with Gasteiger partial charge in [-0.25, -0.2) is 4.98 Å². The van der Waals surface area contributed by atoms with E-state index in [9.17, 15) is 22.8 Å². The summed E-state index contributed by atoms with van der Waals surface area (Å²) in [6, 6.07) is 14.5. The Hall–Kier alpha value is -4.14. The quantitative estimate of drug-likeness (QED) is 0.413. The molecule has 4 rings (SSSR count). The molecule has 6 nitrogen and oxygen atoms in total. The number of pyridine rings is 1. The number of hydrogen-bond acceptors (Lipinski definition) is 3. The fourth-order valence-corrected chi connectivity index (χ4v) is 3.53. The molecule has 2 N–H and O–H groups in total. The summed E-state index contributed by atoms with van der Waals surface area (Å²) in [4.78, 5) is 29.6. The van der Waals surface area contributed by atoms with Gasteiger partial charge in [-0.2, -0.15) is 13.2 Å². The van der Waals surface area contributed by atoms with E-state index in [1.807, 2.05) is 13.0 Å². The Labute approximate surface area is 193 Å². The number of aromatic nitrogens is 2. The van der Waals surface area contributed by atoms with Gasteiger partial charge in [-0.3, -0.25) is 14.0 Å². The van der Waals surface area contributed by atoms with Crippen molar-refractivity contribution in [1.82, 2.24) is 14.7 Å². The van der Waals surface area contributed by atoms with Crippen LogP contribution in [0.25, 0.3) is 5.65 Å². The molecule has 2 aromatic heterocycles. The van der Waals surface area contributed by atoms with E-state index in [0.29, 0.717) is 22.6 Å². The lowest BCUT2D eigenvalue weighted by atomic mass is 10.0. The number of hydrogen-bond donors (Lipinski definition) is 2. The summed E-state index contributed by atoms with van der Waals surface area (Å²) in [5, 5.41) is 5.58. The molecule has 0 aliphatic rings. The average Bonchev–Trinajstić information content (AvgIpc) is 3.24. The summed E-state index contributed by atoms with van der Waals surface area (Å²) in [5.74, 6) is -0.977. The van der Waals surface area contributed by atoms with Crippen molar-refractivity contribution in [1.29, 1.82) is 0 Å². The van der Waals surface area contributed by atoms with Crippen LogP contribution in [0.5, 0.6) is 0 Å². The number of anilines is 1. The van der Waals surface area contributed by atoms with E-state index in [-0.39, 0.29) is 11.5 Å². The Balaban J connectivity index is 1.51. The van der Waals surface area contributed by atoms with Crippen molar-refractivity contribution in [2.75, 3.05) is 5.32 Å². The average molecular weight is 466 g/mol. The Kier molecular flexibility index (Phi) is 6.10. The van der Waals surface area contributed by atoms with Gasteiger partial charge in [-0.05, 0) is 61.4 Å². The monoisotopic (exact) mass is 466 g/mol. The lowest BCUT2D eigenvalue weighted by Gasteiger charge is -2.17. The Morgan fingerprint density at radius 1 is 1.00 bits per heavy atom. The first-order valence-corrected chi connectivity index (χ1v) is 10.5. The highest BCUT2D eigenvalue weighted by atomic mass is 19.4. The van der Waals surface area contributed by atoms with Crippen molar-refractivity contribution in [3.05, 3.63) is 101 Å². The largest absolute Gasteiger partial charge is 0.416 e. The Morgan fingerprint density at radius 3 is 2.56 bits per heavy atom. The van der Waals surface area contributed by atoms with Crippen molar-refractivity contribution in [3.63, 3.8) is 0 Å². The fraction of sp³-hybridized carbons (Fsp3) is 0.160. The van der Waals surface area contributed by atoms with Crippen LogP contribution in [0.1, 0.15) is 50.5 Å². The zero-order valence-corrected chi connectivity index (χ0v) is 18.4. The lowest BCUT2D eigenvalue weighted by molar-refractivity contribution is -0.137. The first-order chi connectivity index (χ1) is 16.1. The molecular formula is C25H21F3N4O2. The fourth-order valence-electron chi connectivity index (χ4n) is 3.53. The number of fused-ring (bicyclic) bond motifs is 1. The highest BCUT2D eigenvalue weighted by molar-refractivity contribution is 6.04. The number of nitrogens with one attached hydrogen (secondary N) is 2. The maximum Gasteiger partial charge on any atom is 0.416 e. The summed E-state index contributed by atoms with van der Waals surface area (Å²) >= 11 is 0. The van der Waals surface area contributed by atoms with Crippen LogP contribution >= 0.6 is 0 Å². The summed E-state index contributed by atoms with van der Waals surface area (Å²) < 4.78 is 40.6. The zero-order valence-electron chi connectivity index (χ0n) is 18.4. The summed E-state index contributed by atoms with van der Waals surface area (Å²) in [6.45, 7) is 3.55. The van der Waals surface area contributed by atoms with Gasteiger partial charge in [0.2, 0.25) is 0 Å². The number of imidazole rings is 1. The molecule has 2 amide bonds. The molecule has 0 aliphatic heterocycles. The van der Waals surface area contributed by atoms with E-state index < -0.39 is 23.7 Å². The molecule has 9 heteroatoms. The van der Waals surface area contributed by atoms with Crippen molar-refractivity contribution >= 4 is 23.1 Å². The highest BCUT2D eigenvalue weighted by Crippen LogP contribution is 2.30. The van der Waals surface area contributed by atoms with Gasteiger partial charge >= 0.3 is 6.18 Å². The minimum Gasteiger partial charge on any atom is -0.346 e. The van der Waals surface area contributed by atoms with Crippen LogP contribution < -0.4 is 10.6 Å². The number of aryl methyl sites for hydroxylation is 1. The van der Waals surface area contributed by atoms with Crippen molar-refractivity contribution < 1.29 is 22.8 Å². The summed E-state index contributed by atoms with van der Waals surface area (Å²) in [7, 11) is 0. The number of nitrogens with zero attached hydrogens (tertiary/aromatic N) is 2. The number of carbonyl (C=O) groups is 2. The Bertz CT molecular complexity index is 1380. The molecule has 0 radical (unpaired) electrons. The van der Waals surface area contributed by atoms with Gasteiger partial charge in [0, 0.05) is 17.4 Å². The van der Waals surface area contributed by atoms with Gasteiger partial charge in [0.15, 0.2) is 0 Å². The van der Waals surface area contributed by atoms with Crippen LogP contribution in [-0.4, -0.2) is 21.2 Å². The van der Waals surface area contributed by atoms with E-state index in [4.69, 9.17) is 0 Å². The van der Waals surface area contributed by atoms with Crippen molar-refractivity contribution in [2.45, 2.75) is 26.1 Å².